The molecule has 1 amide bonds. The molecule has 16 heavy (non-hydrogen) atoms. The van der Waals surface area contributed by atoms with Crippen LogP contribution in [0.3, 0.4) is 0 Å². The molecule has 0 aliphatic rings. The van der Waals surface area contributed by atoms with Gasteiger partial charge in [-0.2, -0.15) is 0 Å². The third kappa shape index (κ3) is 5.48. The number of amides is 1. The summed E-state index contributed by atoms with van der Waals surface area (Å²) in [6, 6.07) is 9.72. The molecule has 0 aliphatic heterocycles. The maximum Gasteiger partial charge on any atom is 0.243 e. The molecule has 1 rings (SSSR count). The fourth-order valence-corrected chi connectivity index (χ4v) is 1.25. The Morgan fingerprint density at radius 3 is 2.75 bits per heavy atom. The predicted molar refractivity (Wildman–Crippen MR) is 62.5 cm³/mol. The van der Waals surface area contributed by atoms with E-state index in [4.69, 9.17) is 4.84 Å². The smallest absolute Gasteiger partial charge is 0.243 e. The Morgan fingerprint density at radius 1 is 1.31 bits per heavy atom. The summed E-state index contributed by atoms with van der Waals surface area (Å²) in [6.07, 6.45) is 1.30. The number of hydrogen-bond acceptors (Lipinski definition) is 3. The Kier molecular flexibility index (Phi) is 6.22. The number of benzene rings is 1. The Balaban J connectivity index is 2.09. The molecule has 88 valence electrons. The van der Waals surface area contributed by atoms with E-state index in [0.29, 0.717) is 13.0 Å². The maximum atomic E-state index is 11.2. The van der Waals surface area contributed by atoms with Crippen molar-refractivity contribution in [2.24, 2.45) is 0 Å². The fourth-order valence-electron chi connectivity index (χ4n) is 1.25. The third-order valence-corrected chi connectivity index (χ3v) is 2.10. The number of nitrogens with one attached hydrogen (secondary N) is 2. The molecular formula is C12H18N2O2. The van der Waals surface area contributed by atoms with Crippen LogP contribution in [0.25, 0.3) is 0 Å². The van der Waals surface area contributed by atoms with Crippen LogP contribution in [0.1, 0.15) is 18.4 Å². The molecule has 1 aromatic carbocycles. The van der Waals surface area contributed by atoms with Crippen LogP contribution >= 0.6 is 0 Å². The minimum atomic E-state index is -0.0776. The van der Waals surface area contributed by atoms with Crippen LogP contribution in [0.2, 0.25) is 0 Å². The molecule has 0 fully saturated rings. The van der Waals surface area contributed by atoms with E-state index in [9.17, 15) is 4.79 Å². The number of rotatable bonds is 7. The standard InChI is InChI=1S/C12H18N2O2/c1-13-9-5-8-12(15)14-16-10-11-6-3-2-4-7-11/h2-4,6-7,13H,5,8-10H2,1H3,(H,14,15). The first-order valence-electron chi connectivity index (χ1n) is 5.42. The largest absolute Gasteiger partial charge is 0.320 e. The quantitative estimate of drug-likeness (QED) is 0.539. The molecule has 0 unspecified atom stereocenters. The Labute approximate surface area is 95.9 Å². The molecule has 0 aliphatic carbocycles. The summed E-state index contributed by atoms with van der Waals surface area (Å²) in [5, 5.41) is 2.98. The molecule has 0 atom stereocenters. The molecule has 0 spiro atoms. The van der Waals surface area contributed by atoms with E-state index in [1.807, 2.05) is 37.4 Å². The molecule has 0 heterocycles. The Bertz CT molecular complexity index is 301. The lowest BCUT2D eigenvalue weighted by Gasteiger charge is -2.05. The van der Waals surface area contributed by atoms with Gasteiger partial charge in [-0.25, -0.2) is 5.48 Å². The lowest BCUT2D eigenvalue weighted by molar-refractivity contribution is -0.134. The van der Waals surface area contributed by atoms with Gasteiger partial charge in [0.1, 0.15) is 0 Å². The van der Waals surface area contributed by atoms with Crippen molar-refractivity contribution < 1.29 is 9.63 Å². The first-order valence-corrected chi connectivity index (χ1v) is 5.42. The summed E-state index contributed by atoms with van der Waals surface area (Å²) in [7, 11) is 1.86. The molecule has 1 aromatic rings. The van der Waals surface area contributed by atoms with Crippen molar-refractivity contribution in [1.82, 2.24) is 10.8 Å². The molecular weight excluding hydrogens is 204 g/mol. The van der Waals surface area contributed by atoms with Crippen LogP contribution in [-0.2, 0) is 16.2 Å². The molecule has 0 bridgehead atoms. The van der Waals surface area contributed by atoms with Gasteiger partial charge in [0.15, 0.2) is 0 Å². The van der Waals surface area contributed by atoms with Gasteiger partial charge < -0.3 is 5.32 Å². The average Bonchev–Trinajstić information content (AvgIpc) is 2.31. The lowest BCUT2D eigenvalue weighted by atomic mass is 10.2. The van der Waals surface area contributed by atoms with Crippen molar-refractivity contribution in [3.8, 4) is 0 Å². The van der Waals surface area contributed by atoms with Crippen molar-refractivity contribution in [1.29, 1.82) is 0 Å². The van der Waals surface area contributed by atoms with Gasteiger partial charge in [-0.15, -0.1) is 0 Å². The van der Waals surface area contributed by atoms with Crippen LogP contribution in [0, 0.1) is 0 Å². The normalized spacial score (nSPS) is 10.1. The second kappa shape index (κ2) is 7.84. The highest BCUT2D eigenvalue weighted by Crippen LogP contribution is 1.99. The zero-order valence-electron chi connectivity index (χ0n) is 9.53. The van der Waals surface area contributed by atoms with Crippen molar-refractivity contribution >= 4 is 5.91 Å². The highest BCUT2D eigenvalue weighted by molar-refractivity contribution is 5.74. The minimum Gasteiger partial charge on any atom is -0.320 e. The lowest BCUT2D eigenvalue weighted by Crippen LogP contribution is -2.24. The molecule has 0 radical (unpaired) electrons. The van der Waals surface area contributed by atoms with Crippen LogP contribution in [0.15, 0.2) is 30.3 Å². The molecule has 4 heteroatoms. The van der Waals surface area contributed by atoms with Gasteiger partial charge >= 0.3 is 0 Å². The number of carbonyl (C=O) groups excluding carboxylic acids is 1. The second-order valence-electron chi connectivity index (χ2n) is 3.51. The number of carbonyl (C=O) groups is 1. The molecule has 0 saturated carbocycles. The zero-order chi connectivity index (χ0) is 11.6. The van der Waals surface area contributed by atoms with Gasteiger partial charge in [0.05, 0.1) is 6.61 Å². The van der Waals surface area contributed by atoms with Crippen molar-refractivity contribution in [3.05, 3.63) is 35.9 Å². The SMILES string of the molecule is CNCCCC(=O)NOCc1ccccc1. The minimum absolute atomic E-state index is 0.0776. The second-order valence-corrected chi connectivity index (χ2v) is 3.51. The van der Waals surface area contributed by atoms with E-state index in [-0.39, 0.29) is 5.91 Å². The van der Waals surface area contributed by atoms with E-state index in [1.54, 1.807) is 0 Å². The van der Waals surface area contributed by atoms with Gasteiger partial charge in [0.25, 0.3) is 0 Å². The Hall–Kier alpha value is -1.39. The topological polar surface area (TPSA) is 50.4 Å². The van der Waals surface area contributed by atoms with Crippen LogP contribution in [-0.4, -0.2) is 19.5 Å². The maximum absolute atomic E-state index is 11.2. The van der Waals surface area contributed by atoms with Gasteiger partial charge in [-0.05, 0) is 25.6 Å². The average molecular weight is 222 g/mol. The highest BCUT2D eigenvalue weighted by atomic mass is 16.6. The molecule has 0 aromatic heterocycles. The van der Waals surface area contributed by atoms with Crippen LogP contribution in [0.4, 0.5) is 0 Å². The van der Waals surface area contributed by atoms with E-state index >= 15 is 0 Å². The zero-order valence-corrected chi connectivity index (χ0v) is 9.53. The summed E-state index contributed by atoms with van der Waals surface area (Å²) in [4.78, 5) is 16.3. The summed E-state index contributed by atoms with van der Waals surface area (Å²) >= 11 is 0. The first-order chi connectivity index (χ1) is 7.83. The molecule has 2 N–H and O–H groups in total. The van der Waals surface area contributed by atoms with Gasteiger partial charge in [-0.3, -0.25) is 9.63 Å². The first kappa shape index (κ1) is 12.7. The summed E-state index contributed by atoms with van der Waals surface area (Å²) in [6.45, 7) is 1.24. The van der Waals surface area contributed by atoms with Gasteiger partial charge in [0.2, 0.25) is 5.91 Å². The predicted octanol–water partition coefficient (Wildman–Crippen LogP) is 1.23. The molecule has 4 nitrogen and oxygen atoms in total. The summed E-state index contributed by atoms with van der Waals surface area (Å²) < 4.78 is 0. The van der Waals surface area contributed by atoms with E-state index in [0.717, 1.165) is 18.5 Å². The van der Waals surface area contributed by atoms with Crippen LogP contribution < -0.4 is 10.8 Å². The van der Waals surface area contributed by atoms with E-state index in [2.05, 4.69) is 10.8 Å². The van der Waals surface area contributed by atoms with Gasteiger partial charge in [-0.1, -0.05) is 30.3 Å². The summed E-state index contributed by atoms with van der Waals surface area (Å²) in [5.74, 6) is -0.0776. The van der Waals surface area contributed by atoms with Crippen molar-refractivity contribution in [2.45, 2.75) is 19.4 Å². The Morgan fingerprint density at radius 2 is 2.06 bits per heavy atom. The number of hydroxylamine groups is 1. The van der Waals surface area contributed by atoms with E-state index < -0.39 is 0 Å². The third-order valence-electron chi connectivity index (χ3n) is 2.10. The van der Waals surface area contributed by atoms with Crippen molar-refractivity contribution in [3.63, 3.8) is 0 Å². The monoisotopic (exact) mass is 222 g/mol. The van der Waals surface area contributed by atoms with E-state index in [1.165, 1.54) is 0 Å². The number of hydrogen-bond donors (Lipinski definition) is 2. The van der Waals surface area contributed by atoms with Crippen LogP contribution in [0.5, 0.6) is 0 Å². The molecule has 0 saturated heterocycles. The fraction of sp³-hybridized carbons (Fsp3) is 0.417. The van der Waals surface area contributed by atoms with Crippen molar-refractivity contribution in [2.75, 3.05) is 13.6 Å². The summed E-state index contributed by atoms with van der Waals surface area (Å²) in [5.41, 5.74) is 3.46. The van der Waals surface area contributed by atoms with Gasteiger partial charge in [0, 0.05) is 6.42 Å². The highest BCUT2D eigenvalue weighted by Gasteiger charge is 2.00.